The van der Waals surface area contributed by atoms with E-state index in [9.17, 15) is 4.79 Å². The van der Waals surface area contributed by atoms with Gasteiger partial charge in [-0.1, -0.05) is 4.49 Å². The normalized spacial score (nSPS) is 15.7. The van der Waals surface area contributed by atoms with Crippen molar-refractivity contribution in [3.05, 3.63) is 59.0 Å². The van der Waals surface area contributed by atoms with Crippen LogP contribution in [0.15, 0.2) is 47.1 Å². The zero-order valence-corrected chi connectivity index (χ0v) is 17.9. The number of carbonyl (C=O) groups excluding carboxylic acids is 1. The Bertz CT molecular complexity index is 949. The molecule has 1 aliphatic rings. The molecule has 1 unspecified atom stereocenters. The molecule has 1 atom stereocenters. The molecule has 0 radical (unpaired) electrons. The summed E-state index contributed by atoms with van der Waals surface area (Å²) < 4.78 is 14.8. The number of furan rings is 1. The third-order valence-corrected chi connectivity index (χ3v) is 6.20. The molecule has 9 heteroatoms. The van der Waals surface area contributed by atoms with Crippen molar-refractivity contribution in [3.63, 3.8) is 0 Å². The Hall–Kier alpha value is -2.91. The number of benzene rings is 1. The molecule has 8 nitrogen and oxygen atoms in total. The summed E-state index contributed by atoms with van der Waals surface area (Å²) >= 11 is 1.12. The predicted molar refractivity (Wildman–Crippen MR) is 115 cm³/mol. The number of ether oxygens (including phenoxy) is 1. The lowest BCUT2D eigenvalue weighted by atomic mass is 10.1. The van der Waals surface area contributed by atoms with Crippen LogP contribution < -0.4 is 15.0 Å². The van der Waals surface area contributed by atoms with E-state index in [4.69, 9.17) is 9.15 Å². The number of nitrogens with one attached hydrogen (secondary N) is 1. The number of nitrogens with zero attached hydrogens (tertiary/aromatic N) is 4. The van der Waals surface area contributed by atoms with Gasteiger partial charge in [0.15, 0.2) is 0 Å². The van der Waals surface area contributed by atoms with E-state index in [0.717, 1.165) is 49.2 Å². The van der Waals surface area contributed by atoms with Crippen molar-refractivity contribution >= 4 is 23.1 Å². The Morgan fingerprint density at radius 3 is 2.60 bits per heavy atom. The van der Waals surface area contributed by atoms with E-state index in [1.165, 1.54) is 5.69 Å². The molecule has 3 heterocycles. The zero-order valence-electron chi connectivity index (χ0n) is 17.1. The molecule has 158 valence electrons. The summed E-state index contributed by atoms with van der Waals surface area (Å²) in [5, 5.41) is 6.95. The van der Waals surface area contributed by atoms with Gasteiger partial charge in [-0.3, -0.25) is 9.69 Å². The second-order valence-corrected chi connectivity index (χ2v) is 7.90. The van der Waals surface area contributed by atoms with Crippen molar-refractivity contribution in [1.29, 1.82) is 0 Å². The monoisotopic (exact) mass is 427 g/mol. The molecule has 0 bridgehead atoms. The molecule has 1 amide bonds. The van der Waals surface area contributed by atoms with E-state index in [2.05, 4.69) is 36.8 Å². The molecule has 1 N–H and O–H groups in total. The van der Waals surface area contributed by atoms with Crippen molar-refractivity contribution in [1.82, 2.24) is 19.8 Å². The van der Waals surface area contributed by atoms with Gasteiger partial charge in [-0.2, -0.15) is 0 Å². The minimum atomic E-state index is -0.143. The molecule has 2 aromatic heterocycles. The molecule has 0 aliphatic carbocycles. The number of hydrogen-bond acceptors (Lipinski definition) is 8. The number of hydrogen-bond donors (Lipinski definition) is 1. The van der Waals surface area contributed by atoms with Gasteiger partial charge in [0.25, 0.3) is 5.91 Å². The van der Waals surface area contributed by atoms with Gasteiger partial charge >= 0.3 is 0 Å². The van der Waals surface area contributed by atoms with E-state index in [1.54, 1.807) is 20.3 Å². The van der Waals surface area contributed by atoms with Gasteiger partial charge < -0.3 is 19.4 Å². The molecule has 1 aliphatic heterocycles. The van der Waals surface area contributed by atoms with Gasteiger partial charge in [-0.05, 0) is 54.9 Å². The van der Waals surface area contributed by atoms with Crippen LogP contribution in [0.25, 0.3) is 0 Å². The highest BCUT2D eigenvalue weighted by atomic mass is 32.1. The number of amides is 1. The van der Waals surface area contributed by atoms with Gasteiger partial charge in [0.1, 0.15) is 16.4 Å². The number of aromatic nitrogens is 2. The standard InChI is InChI=1S/C21H25N5O3S/c1-15-20(30-24-23-15)21(27)22-14-18(19-4-3-13-29-19)26-11-9-25(10-12-26)16-5-7-17(28-2)8-6-16/h3-8,13,18H,9-12,14H2,1-2H3,(H,22,27). The average Bonchev–Trinajstić information content (AvgIpc) is 3.46. The lowest BCUT2D eigenvalue weighted by Crippen LogP contribution is -2.49. The van der Waals surface area contributed by atoms with Crippen molar-refractivity contribution in [2.75, 3.05) is 44.7 Å². The van der Waals surface area contributed by atoms with E-state index >= 15 is 0 Å². The summed E-state index contributed by atoms with van der Waals surface area (Å²) in [5.74, 6) is 1.57. The largest absolute Gasteiger partial charge is 0.497 e. The Labute approximate surface area is 179 Å². The molecule has 4 rings (SSSR count). The van der Waals surface area contributed by atoms with E-state index in [0.29, 0.717) is 17.1 Å². The smallest absolute Gasteiger partial charge is 0.265 e. The first-order valence-corrected chi connectivity index (χ1v) is 10.7. The summed E-state index contributed by atoms with van der Waals surface area (Å²) in [7, 11) is 1.67. The molecule has 1 fully saturated rings. The number of carbonyl (C=O) groups is 1. The van der Waals surface area contributed by atoms with E-state index in [1.807, 2.05) is 24.3 Å². The molecule has 0 saturated carbocycles. The van der Waals surface area contributed by atoms with Crippen LogP contribution in [-0.4, -0.2) is 60.2 Å². The Kier molecular flexibility index (Phi) is 6.29. The van der Waals surface area contributed by atoms with Gasteiger partial charge in [0.2, 0.25) is 0 Å². The number of rotatable bonds is 7. The topological polar surface area (TPSA) is 83.7 Å². The summed E-state index contributed by atoms with van der Waals surface area (Å²) in [6.07, 6.45) is 1.68. The molecular formula is C21H25N5O3S. The molecule has 1 aromatic carbocycles. The van der Waals surface area contributed by atoms with Crippen LogP contribution in [0, 0.1) is 6.92 Å². The van der Waals surface area contributed by atoms with Crippen LogP contribution in [0.1, 0.15) is 27.2 Å². The van der Waals surface area contributed by atoms with Crippen molar-refractivity contribution in [2.24, 2.45) is 0 Å². The quantitative estimate of drug-likeness (QED) is 0.621. The van der Waals surface area contributed by atoms with Crippen LogP contribution in [0.5, 0.6) is 5.75 Å². The second kappa shape index (κ2) is 9.27. The predicted octanol–water partition coefficient (Wildman–Crippen LogP) is 2.74. The van der Waals surface area contributed by atoms with Crippen LogP contribution >= 0.6 is 11.5 Å². The van der Waals surface area contributed by atoms with Gasteiger partial charge in [0, 0.05) is 38.4 Å². The maximum atomic E-state index is 12.5. The summed E-state index contributed by atoms with van der Waals surface area (Å²) in [6, 6.07) is 12.0. The minimum absolute atomic E-state index is 0.0249. The zero-order chi connectivity index (χ0) is 20.9. The molecule has 1 saturated heterocycles. The van der Waals surface area contributed by atoms with Gasteiger partial charge in [-0.15, -0.1) is 5.10 Å². The van der Waals surface area contributed by atoms with E-state index < -0.39 is 0 Å². The second-order valence-electron chi connectivity index (χ2n) is 7.15. The highest BCUT2D eigenvalue weighted by molar-refractivity contribution is 7.08. The van der Waals surface area contributed by atoms with E-state index in [-0.39, 0.29) is 11.9 Å². The van der Waals surface area contributed by atoms with Crippen molar-refractivity contribution in [3.8, 4) is 5.75 Å². The number of methoxy groups -OCH3 is 1. The Morgan fingerprint density at radius 1 is 1.23 bits per heavy atom. The molecule has 3 aromatic rings. The fourth-order valence-electron chi connectivity index (χ4n) is 3.68. The first kappa shape index (κ1) is 20.4. The maximum absolute atomic E-state index is 12.5. The fraction of sp³-hybridized carbons (Fsp3) is 0.381. The minimum Gasteiger partial charge on any atom is -0.497 e. The maximum Gasteiger partial charge on any atom is 0.265 e. The molecule has 30 heavy (non-hydrogen) atoms. The third-order valence-electron chi connectivity index (χ3n) is 5.38. The molecular weight excluding hydrogens is 402 g/mol. The van der Waals surface area contributed by atoms with Crippen LogP contribution in [0.2, 0.25) is 0 Å². The van der Waals surface area contributed by atoms with Crippen molar-refractivity contribution < 1.29 is 13.9 Å². The average molecular weight is 428 g/mol. The summed E-state index contributed by atoms with van der Waals surface area (Å²) in [6.45, 7) is 5.79. The summed E-state index contributed by atoms with van der Waals surface area (Å²) in [4.78, 5) is 17.8. The van der Waals surface area contributed by atoms with Crippen LogP contribution in [0.3, 0.4) is 0 Å². The number of anilines is 1. The Balaban J connectivity index is 1.40. The molecule has 0 spiro atoms. The first-order valence-electron chi connectivity index (χ1n) is 9.89. The SMILES string of the molecule is COc1ccc(N2CCN(C(CNC(=O)c3snnc3C)c3ccco3)CC2)cc1. The highest BCUT2D eigenvalue weighted by Gasteiger charge is 2.28. The Morgan fingerprint density at radius 2 is 2.00 bits per heavy atom. The van der Waals surface area contributed by atoms with Gasteiger partial charge in [-0.25, -0.2) is 0 Å². The van der Waals surface area contributed by atoms with Crippen LogP contribution in [0.4, 0.5) is 5.69 Å². The lowest BCUT2D eigenvalue weighted by molar-refractivity contribution is 0.0926. The highest BCUT2D eigenvalue weighted by Crippen LogP contribution is 2.25. The first-order chi connectivity index (χ1) is 14.7. The van der Waals surface area contributed by atoms with Gasteiger partial charge in [0.05, 0.1) is 25.1 Å². The van der Waals surface area contributed by atoms with Crippen LogP contribution in [-0.2, 0) is 0 Å². The fourth-order valence-corrected chi connectivity index (χ4v) is 4.26. The number of piperazine rings is 1. The third kappa shape index (κ3) is 4.47. The summed E-state index contributed by atoms with van der Waals surface area (Å²) in [5.41, 5.74) is 1.84. The van der Waals surface area contributed by atoms with Crippen molar-refractivity contribution in [2.45, 2.75) is 13.0 Å². The lowest BCUT2D eigenvalue weighted by Gasteiger charge is -2.39. The number of aryl methyl sites for hydroxylation is 1.